The number of carbonyl (C=O) groups is 2. The average molecular weight is 479 g/mol. The minimum absolute atomic E-state index is 0.0263. The summed E-state index contributed by atoms with van der Waals surface area (Å²) in [4.78, 5) is 25.6. The lowest BCUT2D eigenvalue weighted by molar-refractivity contribution is -0.128. The van der Waals surface area contributed by atoms with E-state index >= 15 is 0 Å². The van der Waals surface area contributed by atoms with E-state index in [2.05, 4.69) is 15.7 Å². The van der Waals surface area contributed by atoms with Crippen LogP contribution in [0.25, 0.3) is 0 Å². The summed E-state index contributed by atoms with van der Waals surface area (Å²) in [5.41, 5.74) is 0.704. The molecule has 1 aromatic heterocycles. The van der Waals surface area contributed by atoms with Crippen molar-refractivity contribution in [3.05, 3.63) is 40.5 Å². The first-order valence-electron chi connectivity index (χ1n) is 10.6. The Morgan fingerprint density at radius 3 is 2.81 bits per heavy atom. The van der Waals surface area contributed by atoms with Crippen molar-refractivity contribution < 1.29 is 19.1 Å². The van der Waals surface area contributed by atoms with Crippen LogP contribution in [0.15, 0.2) is 24.3 Å². The molecule has 1 saturated heterocycles. The number of fused-ring (bicyclic) bond motifs is 1. The van der Waals surface area contributed by atoms with Gasteiger partial charge in [-0.1, -0.05) is 11.6 Å². The van der Waals surface area contributed by atoms with Crippen molar-refractivity contribution in [3.63, 3.8) is 0 Å². The predicted octanol–water partition coefficient (Wildman–Crippen LogP) is 3.37. The smallest absolute Gasteiger partial charge is 0.269 e. The molecule has 0 saturated carbocycles. The maximum Gasteiger partial charge on any atom is 0.269 e. The van der Waals surface area contributed by atoms with E-state index in [0.717, 1.165) is 42.2 Å². The fraction of sp³-hybridized carbons (Fsp3) is 0.500. The summed E-state index contributed by atoms with van der Waals surface area (Å²) < 4.78 is 13.0. The number of halogens is 1. The Hall–Kier alpha value is -2.23. The summed E-state index contributed by atoms with van der Waals surface area (Å²) in [6.45, 7) is 4.65. The molecule has 0 radical (unpaired) electrons. The van der Waals surface area contributed by atoms with Crippen LogP contribution in [0.1, 0.15) is 37.9 Å². The van der Waals surface area contributed by atoms with Gasteiger partial charge in [0, 0.05) is 35.2 Å². The molecule has 8 nitrogen and oxygen atoms in total. The average Bonchev–Trinajstić information content (AvgIpc) is 3.48. The zero-order chi connectivity index (χ0) is 22.7. The molecule has 1 atom stereocenters. The van der Waals surface area contributed by atoms with Crippen molar-refractivity contribution in [1.29, 1.82) is 0 Å². The molecule has 2 aromatic rings. The van der Waals surface area contributed by atoms with Crippen molar-refractivity contribution in [1.82, 2.24) is 15.1 Å². The molecule has 2 aliphatic heterocycles. The van der Waals surface area contributed by atoms with Crippen LogP contribution < -0.4 is 15.4 Å². The van der Waals surface area contributed by atoms with Gasteiger partial charge in [-0.15, -0.1) is 0 Å². The Morgan fingerprint density at radius 1 is 1.31 bits per heavy atom. The molecule has 32 heavy (non-hydrogen) atoms. The third kappa shape index (κ3) is 5.39. The van der Waals surface area contributed by atoms with E-state index < -0.39 is 5.60 Å². The number of nitrogens with one attached hydrogen (secondary N) is 2. The molecule has 2 N–H and O–H groups in total. The third-order valence-corrected chi connectivity index (χ3v) is 6.65. The fourth-order valence-electron chi connectivity index (χ4n) is 3.65. The van der Waals surface area contributed by atoms with Gasteiger partial charge in [0.2, 0.25) is 5.91 Å². The van der Waals surface area contributed by atoms with Crippen molar-refractivity contribution in [2.45, 2.75) is 56.4 Å². The highest BCUT2D eigenvalue weighted by Crippen LogP contribution is 2.35. The number of amides is 2. The number of aromatic nitrogens is 2. The van der Waals surface area contributed by atoms with Crippen LogP contribution in [0.4, 0.5) is 5.82 Å². The van der Waals surface area contributed by atoms with E-state index in [9.17, 15) is 9.59 Å². The van der Waals surface area contributed by atoms with Crippen molar-refractivity contribution >= 4 is 41.0 Å². The summed E-state index contributed by atoms with van der Waals surface area (Å²) >= 11 is 7.66. The van der Waals surface area contributed by atoms with Crippen LogP contribution in [-0.2, 0) is 32.4 Å². The molecule has 1 aromatic carbocycles. The maximum atomic E-state index is 13.1. The van der Waals surface area contributed by atoms with Gasteiger partial charge in [-0.05, 0) is 51.0 Å². The van der Waals surface area contributed by atoms with Gasteiger partial charge in [0.25, 0.3) is 5.91 Å². The van der Waals surface area contributed by atoms with Crippen molar-refractivity contribution in [2.24, 2.45) is 0 Å². The quantitative estimate of drug-likeness (QED) is 0.604. The van der Waals surface area contributed by atoms with Gasteiger partial charge in [-0.25, -0.2) is 4.68 Å². The van der Waals surface area contributed by atoms with Gasteiger partial charge in [-0.3, -0.25) is 9.59 Å². The number of rotatable bonds is 8. The molecule has 0 spiro atoms. The first-order valence-corrected chi connectivity index (χ1v) is 12.2. The van der Waals surface area contributed by atoms with E-state index in [0.29, 0.717) is 23.1 Å². The van der Waals surface area contributed by atoms with Crippen LogP contribution >= 0.6 is 23.4 Å². The van der Waals surface area contributed by atoms with Gasteiger partial charge < -0.3 is 20.1 Å². The molecular formula is C22H27ClN4O4S. The second kappa shape index (κ2) is 9.72. The monoisotopic (exact) mass is 478 g/mol. The van der Waals surface area contributed by atoms with Gasteiger partial charge in [0.1, 0.15) is 18.1 Å². The molecule has 2 aliphatic rings. The number of nitrogens with zero attached hydrogens (tertiary/aromatic N) is 2. The highest BCUT2D eigenvalue weighted by Gasteiger charge is 2.33. The number of benzene rings is 1. The molecule has 10 heteroatoms. The summed E-state index contributed by atoms with van der Waals surface area (Å²) in [5.74, 6) is 2.09. The van der Waals surface area contributed by atoms with E-state index in [-0.39, 0.29) is 24.5 Å². The van der Waals surface area contributed by atoms with Crippen molar-refractivity contribution in [3.8, 4) is 5.75 Å². The van der Waals surface area contributed by atoms with Gasteiger partial charge in [-0.2, -0.15) is 16.9 Å². The molecule has 4 rings (SSSR count). The largest absolute Gasteiger partial charge is 0.478 e. The number of anilines is 1. The summed E-state index contributed by atoms with van der Waals surface area (Å²) in [6.07, 6.45) is 2.05. The topological polar surface area (TPSA) is 94.5 Å². The zero-order valence-corrected chi connectivity index (χ0v) is 19.7. The van der Waals surface area contributed by atoms with E-state index in [1.807, 2.05) is 0 Å². The lowest BCUT2D eigenvalue weighted by Gasteiger charge is -2.25. The Labute approximate surface area is 196 Å². The second-order valence-electron chi connectivity index (χ2n) is 8.38. The van der Waals surface area contributed by atoms with Gasteiger partial charge in [0.05, 0.1) is 11.8 Å². The second-order valence-corrected chi connectivity index (χ2v) is 9.81. The lowest BCUT2D eigenvalue weighted by Crippen LogP contribution is -2.43. The Kier molecular flexibility index (Phi) is 6.97. The minimum atomic E-state index is -1.15. The Balaban J connectivity index is 1.44. The van der Waals surface area contributed by atoms with Crippen LogP contribution in [0, 0.1) is 0 Å². The van der Waals surface area contributed by atoms with Crippen LogP contribution in [0.3, 0.4) is 0 Å². The first kappa shape index (κ1) is 22.9. The van der Waals surface area contributed by atoms with Gasteiger partial charge >= 0.3 is 0 Å². The maximum absolute atomic E-state index is 13.1. The highest BCUT2D eigenvalue weighted by atomic mass is 35.5. The molecular weight excluding hydrogens is 452 g/mol. The normalized spacial score (nSPS) is 17.8. The summed E-state index contributed by atoms with van der Waals surface area (Å²) in [5, 5.41) is 11.0. The number of ether oxygens (including phenoxy) is 2. The third-order valence-electron chi connectivity index (χ3n) is 5.43. The SMILES string of the molecule is CC(C)(Oc1ccc(Cl)cc1)C(=O)Nc1c2c(nn1CC(=O)NC[C@H]1CCCO1)CSC2. The summed E-state index contributed by atoms with van der Waals surface area (Å²) in [6, 6.07) is 6.85. The Bertz CT molecular complexity index is 987. The number of carbonyl (C=O) groups excluding carboxylic acids is 2. The number of thioether (sulfide) groups is 1. The van der Waals surface area contributed by atoms with E-state index in [4.69, 9.17) is 21.1 Å². The Morgan fingerprint density at radius 2 is 2.09 bits per heavy atom. The highest BCUT2D eigenvalue weighted by molar-refractivity contribution is 7.98. The molecule has 0 aliphatic carbocycles. The molecule has 1 fully saturated rings. The number of hydrogen-bond donors (Lipinski definition) is 2. The van der Waals surface area contributed by atoms with Crippen LogP contribution in [0.5, 0.6) is 5.75 Å². The lowest BCUT2D eigenvalue weighted by atomic mass is 10.1. The van der Waals surface area contributed by atoms with Gasteiger partial charge in [0.15, 0.2) is 5.60 Å². The molecule has 172 valence electrons. The van der Waals surface area contributed by atoms with Crippen molar-refractivity contribution in [2.75, 3.05) is 18.5 Å². The first-order chi connectivity index (χ1) is 15.3. The molecule has 0 unspecified atom stereocenters. The van der Waals surface area contributed by atoms with Crippen LogP contribution in [0.2, 0.25) is 5.02 Å². The predicted molar refractivity (Wildman–Crippen MR) is 124 cm³/mol. The van der Waals surface area contributed by atoms with E-state index in [1.165, 1.54) is 0 Å². The zero-order valence-electron chi connectivity index (χ0n) is 18.2. The molecule has 2 amide bonds. The van der Waals surface area contributed by atoms with E-state index in [1.54, 1.807) is 54.6 Å². The van der Waals surface area contributed by atoms with Crippen LogP contribution in [-0.4, -0.2) is 46.5 Å². The summed E-state index contributed by atoms with van der Waals surface area (Å²) in [7, 11) is 0. The fourth-order valence-corrected chi connectivity index (χ4v) is 4.81. The number of hydrogen-bond acceptors (Lipinski definition) is 6. The molecule has 3 heterocycles. The molecule has 0 bridgehead atoms. The minimum Gasteiger partial charge on any atom is -0.478 e. The standard InChI is InChI=1S/C22H27ClN4O4S/c1-22(2,31-15-7-5-14(23)6-8-15)21(29)25-20-17-12-32-13-18(17)26-27(20)11-19(28)24-10-16-4-3-9-30-16/h5-8,16H,3-4,9-13H2,1-2H3,(H,24,28)(H,25,29)/t16-/m1/s1.